The van der Waals surface area contributed by atoms with Crippen LogP contribution in [-0.4, -0.2) is 42.7 Å². The first-order valence-corrected chi connectivity index (χ1v) is 10.4. The lowest BCUT2D eigenvalue weighted by Crippen LogP contribution is -2.48. The first-order valence-electron chi connectivity index (χ1n) is 10.4. The van der Waals surface area contributed by atoms with Crippen molar-refractivity contribution < 1.29 is 14.3 Å². The molecule has 0 saturated carbocycles. The Morgan fingerprint density at radius 1 is 1.14 bits per heavy atom. The largest absolute Gasteiger partial charge is 0.463 e. The van der Waals surface area contributed by atoms with Gasteiger partial charge in [0, 0.05) is 13.0 Å². The Labute approximate surface area is 172 Å². The van der Waals surface area contributed by atoms with Gasteiger partial charge in [0.15, 0.2) is 5.84 Å². The van der Waals surface area contributed by atoms with Crippen LogP contribution >= 0.6 is 0 Å². The van der Waals surface area contributed by atoms with Gasteiger partial charge in [-0.25, -0.2) is 9.79 Å². The first kappa shape index (κ1) is 21.0. The molecule has 0 atom stereocenters. The van der Waals surface area contributed by atoms with Gasteiger partial charge in [-0.1, -0.05) is 12.8 Å². The summed E-state index contributed by atoms with van der Waals surface area (Å²) in [5.41, 5.74) is 5.12. The zero-order valence-electron chi connectivity index (χ0n) is 17.7. The van der Waals surface area contributed by atoms with Gasteiger partial charge in [-0.2, -0.15) is 4.99 Å². The number of nitrogens with zero attached hydrogens (tertiary/aromatic N) is 3. The number of aryl methyl sites for hydroxylation is 2. The lowest BCUT2D eigenvalue weighted by molar-refractivity contribution is -0.147. The summed E-state index contributed by atoms with van der Waals surface area (Å²) in [5.74, 6) is 0.532. The summed E-state index contributed by atoms with van der Waals surface area (Å²) in [6.07, 6.45) is 4.15. The van der Waals surface area contributed by atoms with Crippen LogP contribution in [0.2, 0.25) is 0 Å². The standard InChI is InChI=1S/C22H30N4O3/c1-14(2)29-20(27)9-7-5-6-8-10-26-19-12-16(4)15(3)11-17(19)24-18-13-23-22(28)25-21(18)26/h11-12,14H,5-10,13H2,1-4H3,(H,23,28). The van der Waals surface area contributed by atoms with E-state index < -0.39 is 0 Å². The number of amides is 2. The van der Waals surface area contributed by atoms with Crippen LogP contribution in [0.15, 0.2) is 22.1 Å². The third-order valence-electron chi connectivity index (χ3n) is 5.15. The smallest absolute Gasteiger partial charge is 0.343 e. The van der Waals surface area contributed by atoms with Crippen LogP contribution in [0.5, 0.6) is 0 Å². The number of nitrogens with one attached hydrogen (secondary N) is 1. The van der Waals surface area contributed by atoms with Crippen molar-refractivity contribution in [2.75, 3.05) is 18.0 Å². The van der Waals surface area contributed by atoms with E-state index in [1.54, 1.807) is 0 Å². The third kappa shape index (κ3) is 5.22. The second kappa shape index (κ2) is 9.20. The van der Waals surface area contributed by atoms with Gasteiger partial charge >= 0.3 is 12.0 Å². The number of esters is 1. The van der Waals surface area contributed by atoms with E-state index in [2.05, 4.69) is 41.2 Å². The summed E-state index contributed by atoms with van der Waals surface area (Å²) >= 11 is 0. The number of amidine groups is 1. The molecule has 0 unspecified atom stereocenters. The lowest BCUT2D eigenvalue weighted by atomic mass is 10.0. The molecular weight excluding hydrogens is 368 g/mol. The Kier molecular flexibility index (Phi) is 6.67. The molecule has 156 valence electrons. The van der Waals surface area contributed by atoms with Gasteiger partial charge in [-0.15, -0.1) is 0 Å². The Balaban J connectivity index is 1.63. The summed E-state index contributed by atoms with van der Waals surface area (Å²) < 4.78 is 5.17. The highest BCUT2D eigenvalue weighted by Crippen LogP contribution is 2.36. The van der Waals surface area contributed by atoms with E-state index in [9.17, 15) is 9.59 Å². The van der Waals surface area contributed by atoms with Gasteiger partial charge in [0.1, 0.15) is 5.71 Å². The fourth-order valence-electron chi connectivity index (χ4n) is 3.54. The molecule has 1 aromatic carbocycles. The molecule has 0 fully saturated rings. The first-order chi connectivity index (χ1) is 13.8. The van der Waals surface area contributed by atoms with Crippen LogP contribution in [0, 0.1) is 13.8 Å². The summed E-state index contributed by atoms with van der Waals surface area (Å²) in [4.78, 5) is 34.5. The highest BCUT2D eigenvalue weighted by Gasteiger charge is 2.30. The van der Waals surface area contributed by atoms with Crippen molar-refractivity contribution in [3.63, 3.8) is 0 Å². The minimum absolute atomic E-state index is 0.0573. The van der Waals surface area contributed by atoms with E-state index in [1.807, 2.05) is 13.8 Å². The zero-order valence-corrected chi connectivity index (χ0v) is 17.7. The SMILES string of the molecule is Cc1cc2c(cc1C)N(CCCCCCC(=O)OC(C)C)C1=NC(=O)NCC1=N2. The van der Waals surface area contributed by atoms with Gasteiger partial charge in [0.2, 0.25) is 0 Å². The van der Waals surface area contributed by atoms with E-state index in [4.69, 9.17) is 9.73 Å². The summed E-state index contributed by atoms with van der Waals surface area (Å²) in [7, 11) is 0. The number of carbonyl (C=O) groups excluding carboxylic acids is 2. The fourth-order valence-corrected chi connectivity index (χ4v) is 3.54. The Hall–Kier alpha value is -2.70. The summed E-state index contributed by atoms with van der Waals surface area (Å²) in [5, 5.41) is 2.74. The molecule has 2 amide bonds. The van der Waals surface area contributed by atoms with Crippen molar-refractivity contribution in [3.8, 4) is 0 Å². The van der Waals surface area contributed by atoms with E-state index in [-0.39, 0.29) is 18.1 Å². The van der Waals surface area contributed by atoms with Gasteiger partial charge in [0.25, 0.3) is 0 Å². The Bertz CT molecular complexity index is 858. The molecule has 7 nitrogen and oxygen atoms in total. The molecule has 2 aliphatic rings. The highest BCUT2D eigenvalue weighted by molar-refractivity contribution is 6.51. The second-order valence-corrected chi connectivity index (χ2v) is 7.93. The van der Waals surface area contributed by atoms with E-state index in [0.29, 0.717) is 18.8 Å². The number of unbranched alkanes of at least 4 members (excludes halogenated alkanes) is 3. The van der Waals surface area contributed by atoms with Crippen molar-refractivity contribution in [2.24, 2.45) is 9.98 Å². The van der Waals surface area contributed by atoms with E-state index in [0.717, 1.165) is 49.3 Å². The maximum Gasteiger partial charge on any atom is 0.343 e. The molecule has 0 bridgehead atoms. The van der Waals surface area contributed by atoms with Crippen LogP contribution < -0.4 is 10.2 Å². The number of rotatable bonds is 8. The molecule has 0 saturated heterocycles. The molecule has 1 N–H and O–H groups in total. The molecule has 0 aromatic heterocycles. The summed E-state index contributed by atoms with van der Waals surface area (Å²) in [6.45, 7) is 9.05. The van der Waals surface area contributed by atoms with Gasteiger partial charge < -0.3 is 15.0 Å². The number of anilines is 1. The topological polar surface area (TPSA) is 83.4 Å². The Morgan fingerprint density at radius 3 is 2.62 bits per heavy atom. The molecule has 1 aromatic rings. The maximum atomic E-state index is 11.8. The van der Waals surface area contributed by atoms with Crippen LogP contribution in [0.25, 0.3) is 0 Å². The van der Waals surface area contributed by atoms with Gasteiger partial charge in [-0.05, 0) is 63.8 Å². The molecule has 0 radical (unpaired) electrons. The van der Waals surface area contributed by atoms with Crippen molar-refractivity contribution in [3.05, 3.63) is 23.3 Å². The molecule has 0 spiro atoms. The predicted molar refractivity (Wildman–Crippen MR) is 116 cm³/mol. The van der Waals surface area contributed by atoms with Crippen LogP contribution in [0.4, 0.5) is 16.2 Å². The summed E-state index contributed by atoms with van der Waals surface area (Å²) in [6, 6.07) is 3.90. The van der Waals surface area contributed by atoms with Gasteiger partial charge in [0.05, 0.1) is 24.0 Å². The van der Waals surface area contributed by atoms with Crippen LogP contribution in [0.3, 0.4) is 0 Å². The average molecular weight is 399 g/mol. The van der Waals surface area contributed by atoms with Crippen molar-refractivity contribution in [2.45, 2.75) is 65.9 Å². The van der Waals surface area contributed by atoms with Crippen LogP contribution in [-0.2, 0) is 9.53 Å². The average Bonchev–Trinajstić information content (AvgIpc) is 2.65. The molecule has 2 aliphatic heterocycles. The minimum atomic E-state index is -0.320. The number of hydrogen-bond acceptors (Lipinski definition) is 5. The predicted octanol–water partition coefficient (Wildman–Crippen LogP) is 4.22. The second-order valence-electron chi connectivity index (χ2n) is 7.93. The molecule has 7 heteroatoms. The highest BCUT2D eigenvalue weighted by atomic mass is 16.5. The number of ether oxygens (including phenoxy) is 1. The van der Waals surface area contributed by atoms with Crippen molar-refractivity contribution in [1.82, 2.24) is 5.32 Å². The van der Waals surface area contributed by atoms with Crippen LogP contribution in [0.1, 0.15) is 57.1 Å². The number of fused-ring (bicyclic) bond motifs is 2. The maximum absolute atomic E-state index is 11.8. The molecular formula is C22H30N4O3. The Morgan fingerprint density at radius 2 is 1.86 bits per heavy atom. The van der Waals surface area contributed by atoms with E-state index in [1.165, 1.54) is 11.1 Å². The number of urea groups is 1. The zero-order chi connectivity index (χ0) is 21.0. The quantitative estimate of drug-likeness (QED) is 0.525. The number of benzene rings is 1. The normalized spacial score (nSPS) is 15.3. The molecule has 3 rings (SSSR count). The fraction of sp³-hybridized carbons (Fsp3) is 0.545. The van der Waals surface area contributed by atoms with E-state index >= 15 is 0 Å². The number of hydrogen-bond donors (Lipinski definition) is 1. The minimum Gasteiger partial charge on any atom is -0.463 e. The molecule has 2 heterocycles. The molecule has 29 heavy (non-hydrogen) atoms. The number of aliphatic imine (C=N–C) groups is 2. The lowest BCUT2D eigenvalue weighted by Gasteiger charge is -2.33. The number of carbonyl (C=O) groups is 2. The van der Waals surface area contributed by atoms with Gasteiger partial charge in [-0.3, -0.25) is 4.79 Å². The monoisotopic (exact) mass is 398 g/mol. The third-order valence-corrected chi connectivity index (χ3v) is 5.15. The van der Waals surface area contributed by atoms with Crippen molar-refractivity contribution in [1.29, 1.82) is 0 Å². The molecule has 0 aliphatic carbocycles. The van der Waals surface area contributed by atoms with Crippen molar-refractivity contribution >= 4 is 34.9 Å².